The Morgan fingerprint density at radius 3 is 3.07 bits per heavy atom. The van der Waals surface area contributed by atoms with Crippen LogP contribution >= 0.6 is 0 Å². The van der Waals surface area contributed by atoms with Gasteiger partial charge in [0.2, 0.25) is 5.78 Å². The molecule has 0 radical (unpaired) electrons. The number of ketones is 1. The highest BCUT2D eigenvalue weighted by Crippen LogP contribution is 2.32. The summed E-state index contributed by atoms with van der Waals surface area (Å²) in [5.41, 5.74) is 0. The lowest BCUT2D eigenvalue weighted by Crippen LogP contribution is -2.22. The topological polar surface area (TPSA) is 30.2 Å². The predicted octanol–water partition coefficient (Wildman–Crippen LogP) is 3.68. The highest BCUT2D eigenvalue weighted by molar-refractivity contribution is 5.95. The van der Waals surface area contributed by atoms with Crippen molar-refractivity contribution in [3.8, 4) is 0 Å². The molecule has 82 valence electrons. The average Bonchev–Trinajstić information content (AvgIpc) is 2.81. The van der Waals surface area contributed by atoms with Crippen molar-refractivity contribution in [1.29, 1.82) is 0 Å². The zero-order valence-electron chi connectivity index (χ0n) is 9.24. The molecule has 2 atom stereocenters. The molecule has 2 heteroatoms. The lowest BCUT2D eigenvalue weighted by molar-refractivity contribution is 0.0833. The third-order valence-corrected chi connectivity index (χ3v) is 3.49. The number of carbonyl (C=O) groups is 1. The van der Waals surface area contributed by atoms with E-state index in [1.807, 2.05) is 0 Å². The van der Waals surface area contributed by atoms with Crippen molar-refractivity contribution < 1.29 is 9.21 Å². The van der Waals surface area contributed by atoms with E-state index in [9.17, 15) is 4.79 Å². The quantitative estimate of drug-likeness (QED) is 0.706. The van der Waals surface area contributed by atoms with Crippen molar-refractivity contribution in [1.82, 2.24) is 0 Å². The standard InChI is InChI=1S/C13H18O2/c1-2-10-5-3-6-11(9-10)13(14)12-7-4-8-15-12/h4,7-8,10-11H,2-3,5-6,9H2,1H3. The van der Waals surface area contributed by atoms with Crippen molar-refractivity contribution in [2.45, 2.75) is 39.0 Å². The molecule has 0 aliphatic heterocycles. The first-order chi connectivity index (χ1) is 7.31. The Bertz CT molecular complexity index is 313. The van der Waals surface area contributed by atoms with Crippen molar-refractivity contribution in [2.75, 3.05) is 0 Å². The van der Waals surface area contributed by atoms with Crippen LogP contribution in [0.2, 0.25) is 0 Å². The van der Waals surface area contributed by atoms with Crippen LogP contribution in [0.5, 0.6) is 0 Å². The summed E-state index contributed by atoms with van der Waals surface area (Å²) in [7, 11) is 0. The zero-order chi connectivity index (χ0) is 10.7. The summed E-state index contributed by atoms with van der Waals surface area (Å²) in [6, 6.07) is 3.56. The first kappa shape index (κ1) is 10.5. The maximum absolute atomic E-state index is 12.0. The highest BCUT2D eigenvalue weighted by atomic mass is 16.3. The molecule has 1 aromatic rings. The predicted molar refractivity (Wildman–Crippen MR) is 58.8 cm³/mol. The molecule has 1 aromatic heterocycles. The fourth-order valence-electron chi connectivity index (χ4n) is 2.52. The maximum atomic E-state index is 12.0. The fraction of sp³-hybridized carbons (Fsp3) is 0.615. The van der Waals surface area contributed by atoms with E-state index in [4.69, 9.17) is 4.42 Å². The third kappa shape index (κ3) is 2.31. The van der Waals surface area contributed by atoms with Gasteiger partial charge in [0.25, 0.3) is 0 Å². The molecule has 1 heterocycles. The number of furan rings is 1. The van der Waals surface area contributed by atoms with Crippen molar-refractivity contribution in [3.63, 3.8) is 0 Å². The summed E-state index contributed by atoms with van der Waals surface area (Å²) in [6.45, 7) is 2.21. The molecule has 0 spiro atoms. The minimum atomic E-state index is 0.204. The molecule has 0 bridgehead atoms. The third-order valence-electron chi connectivity index (χ3n) is 3.49. The first-order valence-electron chi connectivity index (χ1n) is 5.89. The Labute approximate surface area is 90.7 Å². The van der Waals surface area contributed by atoms with Crippen molar-refractivity contribution >= 4 is 5.78 Å². The van der Waals surface area contributed by atoms with Gasteiger partial charge in [0.1, 0.15) is 0 Å². The number of Topliss-reactive ketones (excluding diaryl/α,β-unsaturated/α-hetero) is 1. The second kappa shape index (κ2) is 4.65. The van der Waals surface area contributed by atoms with Crippen LogP contribution in [-0.4, -0.2) is 5.78 Å². The minimum Gasteiger partial charge on any atom is -0.461 e. The van der Waals surface area contributed by atoms with E-state index >= 15 is 0 Å². The van der Waals surface area contributed by atoms with Crippen LogP contribution in [0.15, 0.2) is 22.8 Å². The van der Waals surface area contributed by atoms with Crippen LogP contribution in [0.3, 0.4) is 0 Å². The van der Waals surface area contributed by atoms with Crippen LogP contribution < -0.4 is 0 Å². The molecule has 2 nitrogen and oxygen atoms in total. The lowest BCUT2D eigenvalue weighted by atomic mass is 9.78. The second-order valence-electron chi connectivity index (χ2n) is 4.48. The number of rotatable bonds is 3. The summed E-state index contributed by atoms with van der Waals surface area (Å²) in [4.78, 5) is 12.0. The van der Waals surface area contributed by atoms with Crippen LogP contribution in [0.1, 0.15) is 49.6 Å². The second-order valence-corrected chi connectivity index (χ2v) is 4.48. The van der Waals surface area contributed by atoms with Gasteiger partial charge in [-0.2, -0.15) is 0 Å². The Kier molecular flexibility index (Phi) is 3.24. The van der Waals surface area contributed by atoms with Gasteiger partial charge >= 0.3 is 0 Å². The molecule has 0 N–H and O–H groups in total. The van der Waals surface area contributed by atoms with Gasteiger partial charge in [-0.05, 0) is 30.9 Å². The van der Waals surface area contributed by atoms with E-state index in [-0.39, 0.29) is 11.7 Å². The molecule has 0 aromatic carbocycles. The van der Waals surface area contributed by atoms with Crippen LogP contribution in [0, 0.1) is 11.8 Å². The highest BCUT2D eigenvalue weighted by Gasteiger charge is 2.28. The van der Waals surface area contributed by atoms with Crippen LogP contribution in [0.4, 0.5) is 0 Å². The Morgan fingerprint density at radius 2 is 2.40 bits per heavy atom. The number of hydrogen-bond acceptors (Lipinski definition) is 2. The summed E-state index contributed by atoms with van der Waals surface area (Å²) < 4.78 is 5.17. The molecule has 0 saturated heterocycles. The van der Waals surface area contributed by atoms with Crippen molar-refractivity contribution in [3.05, 3.63) is 24.2 Å². The molecule has 1 fully saturated rings. The Morgan fingerprint density at radius 1 is 1.53 bits per heavy atom. The summed E-state index contributed by atoms with van der Waals surface area (Å²) in [5, 5.41) is 0. The van der Waals surface area contributed by atoms with Gasteiger partial charge in [-0.1, -0.05) is 26.2 Å². The normalized spacial score (nSPS) is 26.5. The molecule has 0 amide bonds. The molecule has 1 aliphatic rings. The van der Waals surface area contributed by atoms with Gasteiger partial charge in [0.05, 0.1) is 6.26 Å². The van der Waals surface area contributed by atoms with E-state index in [1.54, 1.807) is 18.4 Å². The maximum Gasteiger partial charge on any atom is 0.201 e. The summed E-state index contributed by atoms with van der Waals surface area (Å²) in [6.07, 6.45) is 7.34. The van der Waals surface area contributed by atoms with Gasteiger partial charge in [0.15, 0.2) is 5.76 Å². The summed E-state index contributed by atoms with van der Waals surface area (Å²) >= 11 is 0. The number of hydrogen-bond donors (Lipinski definition) is 0. The van der Waals surface area contributed by atoms with E-state index in [1.165, 1.54) is 19.3 Å². The van der Waals surface area contributed by atoms with E-state index in [0.717, 1.165) is 18.8 Å². The summed E-state index contributed by atoms with van der Waals surface area (Å²) in [5.74, 6) is 1.69. The van der Waals surface area contributed by atoms with Crippen molar-refractivity contribution in [2.24, 2.45) is 11.8 Å². The van der Waals surface area contributed by atoms with Gasteiger partial charge in [-0.3, -0.25) is 4.79 Å². The molecule has 2 rings (SSSR count). The molecule has 15 heavy (non-hydrogen) atoms. The largest absolute Gasteiger partial charge is 0.461 e. The average molecular weight is 206 g/mol. The Hall–Kier alpha value is -1.05. The lowest BCUT2D eigenvalue weighted by Gasteiger charge is -2.26. The van der Waals surface area contributed by atoms with Crippen LogP contribution in [-0.2, 0) is 0 Å². The van der Waals surface area contributed by atoms with Gasteiger partial charge in [-0.25, -0.2) is 0 Å². The molecular formula is C13H18O2. The van der Waals surface area contributed by atoms with E-state index in [2.05, 4.69) is 6.92 Å². The monoisotopic (exact) mass is 206 g/mol. The molecule has 1 saturated carbocycles. The Balaban J connectivity index is 2.01. The van der Waals surface area contributed by atoms with E-state index in [0.29, 0.717) is 5.76 Å². The molecule has 2 unspecified atom stereocenters. The SMILES string of the molecule is CCC1CCCC(C(=O)c2ccco2)C1. The van der Waals surface area contributed by atoms with Gasteiger partial charge < -0.3 is 4.42 Å². The molecule has 1 aliphatic carbocycles. The minimum absolute atomic E-state index is 0.204. The first-order valence-corrected chi connectivity index (χ1v) is 5.89. The zero-order valence-corrected chi connectivity index (χ0v) is 9.24. The van der Waals surface area contributed by atoms with E-state index < -0.39 is 0 Å². The smallest absolute Gasteiger partial charge is 0.201 e. The fourth-order valence-corrected chi connectivity index (χ4v) is 2.52. The van der Waals surface area contributed by atoms with Gasteiger partial charge in [-0.15, -0.1) is 0 Å². The van der Waals surface area contributed by atoms with Crippen LogP contribution in [0.25, 0.3) is 0 Å². The molecular weight excluding hydrogens is 188 g/mol. The number of carbonyl (C=O) groups excluding carboxylic acids is 1. The van der Waals surface area contributed by atoms with Gasteiger partial charge in [0, 0.05) is 5.92 Å².